The predicted molar refractivity (Wildman–Crippen MR) is 86.1 cm³/mol. The molecule has 0 radical (unpaired) electrons. The maximum Gasteiger partial charge on any atom is 0.341 e. The van der Waals surface area contributed by atoms with Gasteiger partial charge in [0.15, 0.2) is 6.61 Å². The zero-order valence-corrected chi connectivity index (χ0v) is 12.7. The lowest BCUT2D eigenvalue weighted by Gasteiger charge is -2.06. The lowest BCUT2D eigenvalue weighted by Crippen LogP contribution is -2.18. The second kappa shape index (κ2) is 7.95. The van der Waals surface area contributed by atoms with E-state index in [1.807, 2.05) is 0 Å². The highest BCUT2D eigenvalue weighted by atomic mass is 35.5. The molecule has 0 aliphatic carbocycles. The van der Waals surface area contributed by atoms with Gasteiger partial charge in [-0.3, -0.25) is 4.79 Å². The summed E-state index contributed by atoms with van der Waals surface area (Å²) in [5.74, 6) is -1.18. The highest BCUT2D eigenvalue weighted by Crippen LogP contribution is 2.16. The summed E-state index contributed by atoms with van der Waals surface area (Å²) in [6, 6.07) is 13.3. The molecule has 0 aliphatic rings. The molecule has 7 heteroatoms. The van der Waals surface area contributed by atoms with Crippen LogP contribution >= 0.6 is 11.6 Å². The molecule has 0 atom stereocenters. The van der Waals surface area contributed by atoms with Crippen LogP contribution in [-0.2, 0) is 4.79 Å². The molecule has 0 aromatic heterocycles. The summed E-state index contributed by atoms with van der Waals surface area (Å²) < 4.78 is 5.14. The predicted octanol–water partition coefficient (Wildman–Crippen LogP) is 2.57. The molecule has 6 nitrogen and oxygen atoms in total. The molecule has 0 bridgehead atoms. The Balaban J connectivity index is 2.05. The van der Waals surface area contributed by atoms with Gasteiger partial charge in [-0.2, -0.15) is 5.10 Å². The summed E-state index contributed by atoms with van der Waals surface area (Å²) in [6.07, 6.45) is 1.37. The van der Waals surface area contributed by atoms with Crippen LogP contribution in [0.1, 0.15) is 15.9 Å². The number of hydrogen-bond acceptors (Lipinski definition) is 4. The lowest BCUT2D eigenvalue weighted by atomic mass is 10.2. The van der Waals surface area contributed by atoms with Gasteiger partial charge in [-0.1, -0.05) is 35.9 Å². The summed E-state index contributed by atoms with van der Waals surface area (Å²) in [5, 5.41) is 12.8. The van der Waals surface area contributed by atoms with E-state index in [0.717, 1.165) is 0 Å². The van der Waals surface area contributed by atoms with Crippen LogP contribution < -0.4 is 10.2 Å². The van der Waals surface area contributed by atoms with Crippen LogP contribution in [0.15, 0.2) is 53.6 Å². The smallest absolute Gasteiger partial charge is 0.341 e. The number of aliphatic carboxylic acids is 1. The Labute approximate surface area is 137 Å². The Morgan fingerprint density at radius 3 is 2.61 bits per heavy atom. The number of para-hydroxylation sites is 1. The van der Waals surface area contributed by atoms with Gasteiger partial charge in [0.1, 0.15) is 5.75 Å². The first-order chi connectivity index (χ1) is 11.1. The first-order valence-corrected chi connectivity index (χ1v) is 6.97. The van der Waals surface area contributed by atoms with E-state index in [4.69, 9.17) is 21.4 Å². The maximum absolute atomic E-state index is 11.9. The molecule has 0 spiro atoms. The number of amides is 1. The normalized spacial score (nSPS) is 10.5. The molecule has 0 aliphatic heterocycles. The van der Waals surface area contributed by atoms with Crippen molar-refractivity contribution < 1.29 is 19.4 Å². The summed E-state index contributed by atoms with van der Waals surface area (Å²) in [7, 11) is 0. The van der Waals surface area contributed by atoms with Gasteiger partial charge in [-0.25, -0.2) is 10.2 Å². The number of halogens is 1. The molecule has 0 saturated heterocycles. The van der Waals surface area contributed by atoms with Crippen molar-refractivity contribution in [1.82, 2.24) is 5.43 Å². The van der Waals surface area contributed by atoms with Gasteiger partial charge < -0.3 is 9.84 Å². The molecule has 2 N–H and O–H groups in total. The van der Waals surface area contributed by atoms with Crippen LogP contribution in [0.5, 0.6) is 5.75 Å². The fraction of sp³-hybridized carbons (Fsp3) is 0.0625. The number of carbonyl (C=O) groups is 2. The molecule has 118 valence electrons. The number of ether oxygens (including phenoxy) is 1. The molecule has 2 aromatic rings. The first kappa shape index (κ1) is 16.5. The monoisotopic (exact) mass is 332 g/mol. The van der Waals surface area contributed by atoms with E-state index in [1.54, 1.807) is 48.5 Å². The van der Waals surface area contributed by atoms with E-state index in [-0.39, 0.29) is 0 Å². The second-order valence-corrected chi connectivity index (χ2v) is 4.81. The summed E-state index contributed by atoms with van der Waals surface area (Å²) in [6.45, 7) is -0.461. The van der Waals surface area contributed by atoms with Crippen molar-refractivity contribution in [3.05, 3.63) is 64.7 Å². The van der Waals surface area contributed by atoms with E-state index in [9.17, 15) is 9.59 Å². The standard InChI is InChI=1S/C16H13ClN2O4/c17-13-7-3-2-6-12(13)16(22)19-18-9-11-5-1-4-8-14(11)23-10-15(20)21/h1-9H,10H2,(H,19,22)(H,20,21)/b18-9-. The SMILES string of the molecule is O=C(O)COc1ccccc1/C=N\NC(=O)c1ccccc1Cl. The van der Waals surface area contributed by atoms with Crippen molar-refractivity contribution >= 4 is 29.7 Å². The summed E-state index contributed by atoms with van der Waals surface area (Å²) in [4.78, 5) is 22.5. The first-order valence-electron chi connectivity index (χ1n) is 6.59. The van der Waals surface area contributed by atoms with Gasteiger partial charge >= 0.3 is 5.97 Å². The van der Waals surface area contributed by atoms with E-state index >= 15 is 0 Å². The number of hydrogen-bond donors (Lipinski definition) is 2. The number of nitrogens with zero attached hydrogens (tertiary/aromatic N) is 1. The molecule has 0 heterocycles. The minimum absolute atomic E-state index is 0.307. The third kappa shape index (κ3) is 4.82. The van der Waals surface area contributed by atoms with Gasteiger partial charge in [-0.15, -0.1) is 0 Å². The van der Waals surface area contributed by atoms with Crippen LogP contribution in [0.3, 0.4) is 0 Å². The van der Waals surface area contributed by atoms with Gasteiger partial charge in [0.2, 0.25) is 0 Å². The van der Waals surface area contributed by atoms with Crippen LogP contribution in [0.4, 0.5) is 0 Å². The van der Waals surface area contributed by atoms with Crippen molar-refractivity contribution in [3.63, 3.8) is 0 Å². The van der Waals surface area contributed by atoms with E-state index in [0.29, 0.717) is 21.9 Å². The van der Waals surface area contributed by atoms with E-state index in [2.05, 4.69) is 10.5 Å². The van der Waals surface area contributed by atoms with Crippen molar-refractivity contribution in [2.75, 3.05) is 6.61 Å². The quantitative estimate of drug-likeness (QED) is 0.628. The van der Waals surface area contributed by atoms with E-state index < -0.39 is 18.5 Å². The Bertz CT molecular complexity index is 746. The number of nitrogens with one attached hydrogen (secondary N) is 1. The highest BCUT2D eigenvalue weighted by Gasteiger charge is 2.08. The number of carbonyl (C=O) groups excluding carboxylic acids is 1. The second-order valence-electron chi connectivity index (χ2n) is 4.40. The highest BCUT2D eigenvalue weighted by molar-refractivity contribution is 6.33. The number of carboxylic acids is 1. The molecule has 0 fully saturated rings. The van der Waals surface area contributed by atoms with Crippen LogP contribution in [-0.4, -0.2) is 29.8 Å². The zero-order chi connectivity index (χ0) is 16.7. The molecule has 1 amide bonds. The minimum Gasteiger partial charge on any atom is -0.481 e. The Kier molecular flexibility index (Phi) is 5.71. The topological polar surface area (TPSA) is 88.0 Å². The number of benzene rings is 2. The third-order valence-electron chi connectivity index (χ3n) is 2.76. The number of rotatable bonds is 6. The molecular weight excluding hydrogens is 320 g/mol. The Hall–Kier alpha value is -2.86. The largest absolute Gasteiger partial charge is 0.481 e. The Morgan fingerprint density at radius 1 is 1.17 bits per heavy atom. The van der Waals surface area contributed by atoms with Crippen molar-refractivity contribution in [2.24, 2.45) is 5.10 Å². The molecule has 0 unspecified atom stereocenters. The van der Waals surface area contributed by atoms with E-state index in [1.165, 1.54) is 6.21 Å². The lowest BCUT2D eigenvalue weighted by molar-refractivity contribution is -0.139. The van der Waals surface area contributed by atoms with Crippen molar-refractivity contribution in [2.45, 2.75) is 0 Å². The van der Waals surface area contributed by atoms with Gasteiger partial charge in [-0.05, 0) is 24.3 Å². The fourth-order valence-corrected chi connectivity index (χ4v) is 1.95. The average Bonchev–Trinajstić information content (AvgIpc) is 2.54. The zero-order valence-electron chi connectivity index (χ0n) is 11.9. The van der Waals surface area contributed by atoms with Gasteiger partial charge in [0.05, 0.1) is 16.8 Å². The molecule has 2 rings (SSSR count). The minimum atomic E-state index is -1.08. The molecule has 2 aromatic carbocycles. The van der Waals surface area contributed by atoms with Gasteiger partial charge in [0, 0.05) is 5.56 Å². The number of carboxylic acid groups (broad SMARTS) is 1. The van der Waals surface area contributed by atoms with Crippen LogP contribution in [0, 0.1) is 0 Å². The van der Waals surface area contributed by atoms with Gasteiger partial charge in [0.25, 0.3) is 5.91 Å². The average molecular weight is 333 g/mol. The molecular formula is C16H13ClN2O4. The fourth-order valence-electron chi connectivity index (χ4n) is 1.72. The molecule has 0 saturated carbocycles. The third-order valence-corrected chi connectivity index (χ3v) is 3.09. The summed E-state index contributed by atoms with van der Waals surface area (Å²) in [5.41, 5.74) is 3.20. The summed E-state index contributed by atoms with van der Waals surface area (Å²) >= 11 is 5.92. The molecule has 23 heavy (non-hydrogen) atoms. The van der Waals surface area contributed by atoms with Crippen LogP contribution in [0.2, 0.25) is 5.02 Å². The van der Waals surface area contributed by atoms with Crippen molar-refractivity contribution in [1.29, 1.82) is 0 Å². The van der Waals surface area contributed by atoms with Crippen LogP contribution in [0.25, 0.3) is 0 Å². The maximum atomic E-state index is 11.9. The van der Waals surface area contributed by atoms with Crippen molar-refractivity contribution in [3.8, 4) is 5.75 Å². The number of hydrazone groups is 1. The Morgan fingerprint density at radius 2 is 1.87 bits per heavy atom.